The minimum Gasteiger partial charge on any atom is -0.468 e. The van der Waals surface area contributed by atoms with Crippen LogP contribution in [-0.2, 0) is 28.5 Å². The first-order valence-electron chi connectivity index (χ1n) is 8.50. The zero-order chi connectivity index (χ0) is 20.8. The maximum atomic E-state index is 12.8. The van der Waals surface area contributed by atoms with Gasteiger partial charge in [0.2, 0.25) is 6.29 Å². The second-order valence-electron chi connectivity index (χ2n) is 6.10. The summed E-state index contributed by atoms with van der Waals surface area (Å²) in [5.74, 6) is -0.162. The number of rotatable bonds is 6. The summed E-state index contributed by atoms with van der Waals surface area (Å²) in [5.41, 5.74) is 2.13. The number of hydrogen-bond donors (Lipinski definition) is 0. The molecule has 1 aliphatic heterocycles. The van der Waals surface area contributed by atoms with Crippen LogP contribution in [0.2, 0.25) is 0 Å². The highest BCUT2D eigenvalue weighted by Gasteiger charge is 2.44. The highest BCUT2D eigenvalue weighted by molar-refractivity contribution is 6.07. The summed E-state index contributed by atoms with van der Waals surface area (Å²) in [5, 5.41) is 0. The fourth-order valence-electron chi connectivity index (χ4n) is 3.34. The van der Waals surface area contributed by atoms with Crippen molar-refractivity contribution in [1.82, 2.24) is 0 Å². The molecule has 0 saturated carbocycles. The number of terminal acetylenes is 1. The van der Waals surface area contributed by atoms with E-state index in [9.17, 15) is 9.59 Å². The standard InChI is InChI=1S/C21H23NO6/c1-7-13-9-8-10-14(11-13)16-15(19(23)25-3)12(2)22-18(21(27-5)28-6)17(16)20(24)26-4/h1,8-11,15-16,21H,2-6H3. The fraction of sp³-hybridized carbons (Fsp3) is 0.381. The van der Waals surface area contributed by atoms with Crippen LogP contribution in [0.3, 0.4) is 0 Å². The van der Waals surface area contributed by atoms with E-state index in [-0.39, 0.29) is 11.3 Å². The van der Waals surface area contributed by atoms with Gasteiger partial charge in [0.15, 0.2) is 0 Å². The molecule has 2 unspecified atom stereocenters. The van der Waals surface area contributed by atoms with E-state index in [1.165, 1.54) is 28.4 Å². The van der Waals surface area contributed by atoms with Crippen LogP contribution in [0.4, 0.5) is 0 Å². The maximum Gasteiger partial charge on any atom is 0.336 e. The van der Waals surface area contributed by atoms with E-state index >= 15 is 0 Å². The van der Waals surface area contributed by atoms with Gasteiger partial charge in [0.1, 0.15) is 11.6 Å². The maximum absolute atomic E-state index is 12.8. The predicted octanol–water partition coefficient (Wildman–Crippen LogP) is 2.06. The van der Waals surface area contributed by atoms with Crippen molar-refractivity contribution >= 4 is 17.7 Å². The Balaban J connectivity index is 2.83. The summed E-state index contributed by atoms with van der Waals surface area (Å²) in [4.78, 5) is 29.8. The molecule has 2 rings (SSSR count). The van der Waals surface area contributed by atoms with E-state index in [2.05, 4.69) is 10.9 Å². The Kier molecular flexibility index (Phi) is 7.10. The molecule has 1 heterocycles. The third kappa shape index (κ3) is 3.98. The molecule has 0 amide bonds. The van der Waals surface area contributed by atoms with Crippen LogP contribution in [0.15, 0.2) is 40.5 Å². The Morgan fingerprint density at radius 3 is 2.36 bits per heavy atom. The molecule has 7 nitrogen and oxygen atoms in total. The molecule has 0 fully saturated rings. The van der Waals surface area contributed by atoms with Crippen molar-refractivity contribution in [3.05, 3.63) is 46.7 Å². The number of ether oxygens (including phenoxy) is 4. The average molecular weight is 385 g/mol. The molecule has 0 aromatic heterocycles. The fourth-order valence-corrected chi connectivity index (χ4v) is 3.34. The van der Waals surface area contributed by atoms with Crippen molar-refractivity contribution in [3.8, 4) is 12.3 Å². The number of aliphatic imine (C=N–C) groups is 1. The Labute approximate surface area is 164 Å². The predicted molar refractivity (Wildman–Crippen MR) is 103 cm³/mol. The van der Waals surface area contributed by atoms with Crippen molar-refractivity contribution in [2.75, 3.05) is 28.4 Å². The second-order valence-corrected chi connectivity index (χ2v) is 6.10. The minimum atomic E-state index is -0.916. The summed E-state index contributed by atoms with van der Waals surface area (Å²) in [6, 6.07) is 7.05. The largest absolute Gasteiger partial charge is 0.468 e. The lowest BCUT2D eigenvalue weighted by Crippen LogP contribution is -2.38. The number of hydrogen-bond acceptors (Lipinski definition) is 7. The van der Waals surface area contributed by atoms with E-state index in [0.717, 1.165) is 0 Å². The van der Waals surface area contributed by atoms with Gasteiger partial charge in [0, 0.05) is 31.4 Å². The zero-order valence-corrected chi connectivity index (χ0v) is 16.5. The number of esters is 2. The van der Waals surface area contributed by atoms with Gasteiger partial charge in [-0.15, -0.1) is 6.42 Å². The molecule has 28 heavy (non-hydrogen) atoms. The van der Waals surface area contributed by atoms with Gasteiger partial charge in [-0.05, 0) is 24.6 Å². The zero-order valence-electron chi connectivity index (χ0n) is 16.5. The molecule has 1 aliphatic rings. The third-order valence-corrected chi connectivity index (χ3v) is 4.59. The van der Waals surface area contributed by atoms with E-state index in [0.29, 0.717) is 16.8 Å². The molecule has 0 spiro atoms. The second kappa shape index (κ2) is 9.31. The monoisotopic (exact) mass is 385 g/mol. The third-order valence-electron chi connectivity index (χ3n) is 4.59. The Morgan fingerprint density at radius 2 is 1.82 bits per heavy atom. The topological polar surface area (TPSA) is 83.4 Å². The van der Waals surface area contributed by atoms with Crippen LogP contribution >= 0.6 is 0 Å². The summed E-state index contributed by atoms with van der Waals surface area (Å²) in [6.45, 7) is 1.69. The molecule has 2 atom stereocenters. The molecule has 0 N–H and O–H groups in total. The molecule has 0 bridgehead atoms. The van der Waals surface area contributed by atoms with E-state index in [4.69, 9.17) is 25.4 Å². The van der Waals surface area contributed by atoms with Crippen LogP contribution in [-0.4, -0.2) is 52.4 Å². The summed E-state index contributed by atoms with van der Waals surface area (Å²) >= 11 is 0. The Hall–Kier alpha value is -2.95. The number of carbonyl (C=O) groups is 2. The van der Waals surface area contributed by atoms with Crippen LogP contribution in [0.1, 0.15) is 24.0 Å². The molecule has 0 radical (unpaired) electrons. The molecule has 0 aliphatic carbocycles. The van der Waals surface area contributed by atoms with Crippen molar-refractivity contribution in [2.45, 2.75) is 19.1 Å². The summed E-state index contributed by atoms with van der Waals surface area (Å²) in [7, 11) is 5.41. The molecule has 1 aromatic carbocycles. The van der Waals surface area contributed by atoms with E-state index < -0.39 is 30.1 Å². The SMILES string of the molecule is C#Cc1cccc(C2C(C(=O)OC)=C(C(OC)OC)N=C(C)C2C(=O)OC)c1. The lowest BCUT2D eigenvalue weighted by Gasteiger charge is -2.33. The highest BCUT2D eigenvalue weighted by atomic mass is 16.7. The van der Waals surface area contributed by atoms with Gasteiger partial charge in [0.25, 0.3) is 0 Å². The number of benzene rings is 1. The Bertz CT molecular complexity index is 860. The quantitative estimate of drug-likeness (QED) is 0.423. The van der Waals surface area contributed by atoms with Gasteiger partial charge in [0.05, 0.1) is 19.8 Å². The Morgan fingerprint density at radius 1 is 1.14 bits per heavy atom. The summed E-state index contributed by atoms with van der Waals surface area (Å²) < 4.78 is 20.6. The molecule has 7 heteroatoms. The first kappa shape index (κ1) is 21.4. The molecule has 0 saturated heterocycles. The molecular formula is C21H23NO6. The van der Waals surface area contributed by atoms with Crippen LogP contribution in [0, 0.1) is 18.3 Å². The minimum absolute atomic E-state index is 0.159. The highest BCUT2D eigenvalue weighted by Crippen LogP contribution is 2.41. The first-order chi connectivity index (χ1) is 13.4. The van der Waals surface area contributed by atoms with Gasteiger partial charge in [-0.1, -0.05) is 18.1 Å². The van der Waals surface area contributed by atoms with Crippen molar-refractivity contribution in [1.29, 1.82) is 0 Å². The van der Waals surface area contributed by atoms with Crippen LogP contribution < -0.4 is 0 Å². The van der Waals surface area contributed by atoms with Crippen molar-refractivity contribution < 1.29 is 28.5 Å². The lowest BCUT2D eigenvalue weighted by atomic mass is 9.75. The number of carbonyl (C=O) groups excluding carboxylic acids is 2. The van der Waals surface area contributed by atoms with Crippen LogP contribution in [0.25, 0.3) is 0 Å². The average Bonchev–Trinajstić information content (AvgIpc) is 2.73. The van der Waals surface area contributed by atoms with Crippen LogP contribution in [0.5, 0.6) is 0 Å². The van der Waals surface area contributed by atoms with Crippen molar-refractivity contribution in [2.24, 2.45) is 10.9 Å². The van der Waals surface area contributed by atoms with Gasteiger partial charge < -0.3 is 18.9 Å². The summed E-state index contributed by atoms with van der Waals surface area (Å²) in [6.07, 6.45) is 4.61. The molecule has 1 aromatic rings. The molecular weight excluding hydrogens is 362 g/mol. The number of nitrogens with zero attached hydrogens (tertiary/aromatic N) is 1. The van der Waals surface area contributed by atoms with Gasteiger partial charge in [-0.2, -0.15) is 0 Å². The first-order valence-corrected chi connectivity index (χ1v) is 8.50. The normalized spacial score (nSPS) is 19.1. The van der Waals surface area contributed by atoms with Gasteiger partial charge in [-0.25, -0.2) is 4.79 Å². The van der Waals surface area contributed by atoms with Gasteiger partial charge in [-0.3, -0.25) is 9.79 Å². The van der Waals surface area contributed by atoms with Crippen molar-refractivity contribution in [3.63, 3.8) is 0 Å². The van der Waals surface area contributed by atoms with E-state index in [1.54, 1.807) is 31.2 Å². The lowest BCUT2D eigenvalue weighted by molar-refractivity contribution is -0.144. The van der Waals surface area contributed by atoms with Gasteiger partial charge >= 0.3 is 11.9 Å². The number of methoxy groups -OCH3 is 4. The van der Waals surface area contributed by atoms with E-state index in [1.807, 2.05) is 0 Å². The molecule has 148 valence electrons. The smallest absolute Gasteiger partial charge is 0.336 e.